The molecular weight excluding hydrogens is 174 g/mol. The van der Waals surface area contributed by atoms with E-state index in [4.69, 9.17) is 0 Å². The van der Waals surface area contributed by atoms with Crippen LogP contribution in [0, 0.1) is 0 Å². The normalized spacial score (nSPS) is 10.8. The van der Waals surface area contributed by atoms with E-state index >= 15 is 0 Å². The van der Waals surface area contributed by atoms with E-state index in [1.54, 1.807) is 0 Å². The Labute approximate surface area is 80.8 Å². The molecule has 7 heteroatoms. The molecule has 11 heavy (non-hydrogen) atoms. The predicted octanol–water partition coefficient (Wildman–Crippen LogP) is -2.01. The first-order chi connectivity index (χ1) is 4.50. The molecule has 3 nitrogen and oxygen atoms in total. The van der Waals surface area contributed by atoms with Crippen LogP contribution in [0.25, 0.3) is 0 Å². The van der Waals surface area contributed by atoms with Gasteiger partial charge in [0.25, 0.3) is 0 Å². The van der Waals surface area contributed by atoms with Gasteiger partial charge < -0.3 is 4.52 Å². The SMILES string of the molecule is O=c1cc(C(F)(F)F)[nH]o1.[Na+]. The molecule has 1 rings (SSSR count). The second-order valence-electron chi connectivity index (χ2n) is 1.58. The van der Waals surface area contributed by atoms with Gasteiger partial charge in [-0.2, -0.15) is 13.2 Å². The topological polar surface area (TPSA) is 46.0 Å². The monoisotopic (exact) mass is 176 g/mol. The largest absolute Gasteiger partial charge is 1.00 e. The van der Waals surface area contributed by atoms with Gasteiger partial charge in [0.2, 0.25) is 0 Å². The summed E-state index contributed by atoms with van der Waals surface area (Å²) in [5.41, 5.74) is -2.20. The summed E-state index contributed by atoms with van der Waals surface area (Å²) < 4.78 is 38.5. The molecule has 0 spiro atoms. The molecule has 1 N–H and O–H groups in total. The Morgan fingerprint density at radius 2 is 2.00 bits per heavy atom. The second-order valence-corrected chi connectivity index (χ2v) is 1.58. The molecule has 0 saturated carbocycles. The maximum Gasteiger partial charge on any atom is 1.00 e. The second kappa shape index (κ2) is 3.46. The van der Waals surface area contributed by atoms with Crippen LogP contribution in [0.5, 0.6) is 0 Å². The Morgan fingerprint density at radius 1 is 1.45 bits per heavy atom. The molecule has 0 saturated heterocycles. The fourth-order valence-corrected chi connectivity index (χ4v) is 0.422. The number of alkyl halides is 3. The molecule has 1 aromatic heterocycles. The van der Waals surface area contributed by atoms with Crippen LogP contribution in [0.3, 0.4) is 0 Å². The third-order valence-electron chi connectivity index (χ3n) is 0.829. The minimum atomic E-state index is -4.54. The van der Waals surface area contributed by atoms with Crippen molar-refractivity contribution in [1.82, 2.24) is 5.16 Å². The number of hydrogen-bond donors (Lipinski definition) is 1. The molecule has 1 heterocycles. The van der Waals surface area contributed by atoms with Gasteiger partial charge in [-0.3, -0.25) is 0 Å². The number of aromatic amines is 1. The minimum Gasteiger partial charge on any atom is -0.339 e. The van der Waals surface area contributed by atoms with Gasteiger partial charge in [-0.05, 0) is 0 Å². The zero-order valence-electron chi connectivity index (χ0n) is 5.53. The number of aromatic nitrogens is 1. The zero-order chi connectivity index (χ0) is 7.78. The molecule has 0 unspecified atom stereocenters. The first kappa shape index (κ1) is 10.8. The molecular formula is C4H2F3NNaO2+. The Hall–Kier alpha value is -0.200. The van der Waals surface area contributed by atoms with Gasteiger partial charge in [0.05, 0.1) is 6.07 Å². The van der Waals surface area contributed by atoms with E-state index in [0.717, 1.165) is 0 Å². The summed E-state index contributed by atoms with van der Waals surface area (Å²) in [6.45, 7) is 0. The van der Waals surface area contributed by atoms with E-state index in [2.05, 4.69) is 4.52 Å². The Balaban J connectivity index is 0.000001000. The summed E-state index contributed by atoms with van der Waals surface area (Å²) in [6, 6.07) is 0.347. The quantitative estimate of drug-likeness (QED) is 0.464. The van der Waals surface area contributed by atoms with Crippen molar-refractivity contribution >= 4 is 0 Å². The first-order valence-electron chi connectivity index (χ1n) is 2.26. The summed E-state index contributed by atoms with van der Waals surface area (Å²) in [4.78, 5) is 10.0. The predicted molar refractivity (Wildman–Crippen MR) is 24.3 cm³/mol. The summed E-state index contributed by atoms with van der Waals surface area (Å²) >= 11 is 0. The molecule has 1 aromatic rings. The van der Waals surface area contributed by atoms with E-state index < -0.39 is 17.5 Å². The maximum atomic E-state index is 11.6. The fraction of sp³-hybridized carbons (Fsp3) is 0.250. The van der Waals surface area contributed by atoms with Crippen molar-refractivity contribution in [3.05, 3.63) is 22.2 Å². The minimum absolute atomic E-state index is 0. The van der Waals surface area contributed by atoms with E-state index in [0.29, 0.717) is 6.07 Å². The average molecular weight is 176 g/mol. The van der Waals surface area contributed by atoms with Crippen molar-refractivity contribution in [2.45, 2.75) is 6.18 Å². The molecule has 0 aliphatic rings. The van der Waals surface area contributed by atoms with Crippen LogP contribution in [-0.4, -0.2) is 5.16 Å². The van der Waals surface area contributed by atoms with Crippen LogP contribution in [-0.2, 0) is 6.18 Å². The van der Waals surface area contributed by atoms with Gasteiger partial charge in [-0.25, -0.2) is 9.95 Å². The molecule has 0 bridgehead atoms. The van der Waals surface area contributed by atoms with Gasteiger partial charge in [0.15, 0.2) is 5.69 Å². The number of halogens is 3. The van der Waals surface area contributed by atoms with Crippen molar-refractivity contribution in [2.75, 3.05) is 0 Å². The van der Waals surface area contributed by atoms with Crippen molar-refractivity contribution in [3.63, 3.8) is 0 Å². The molecule has 0 aromatic carbocycles. The smallest absolute Gasteiger partial charge is 0.339 e. The molecule has 0 amide bonds. The van der Waals surface area contributed by atoms with Crippen LogP contribution < -0.4 is 35.2 Å². The molecule has 0 aliphatic heterocycles. The molecule has 0 atom stereocenters. The van der Waals surface area contributed by atoms with Crippen molar-refractivity contribution in [1.29, 1.82) is 0 Å². The standard InChI is InChI=1S/C4H2F3NO2.Na/c5-4(6,7)2-1-3(9)10-8-2;/h1,8H;/q;+1. The third-order valence-corrected chi connectivity index (χ3v) is 0.829. The number of H-pyrrole nitrogens is 1. The number of hydrogen-bond acceptors (Lipinski definition) is 2. The van der Waals surface area contributed by atoms with E-state index in [1.165, 1.54) is 5.16 Å². The van der Waals surface area contributed by atoms with E-state index in [9.17, 15) is 18.0 Å². The Kier molecular flexibility index (Phi) is 3.40. The van der Waals surface area contributed by atoms with E-state index in [1.807, 2.05) is 0 Å². The van der Waals surface area contributed by atoms with Gasteiger partial charge >= 0.3 is 41.4 Å². The number of rotatable bonds is 0. The van der Waals surface area contributed by atoms with Crippen LogP contribution >= 0.6 is 0 Å². The van der Waals surface area contributed by atoms with Gasteiger partial charge in [-0.15, -0.1) is 0 Å². The van der Waals surface area contributed by atoms with Crippen LogP contribution in [0.15, 0.2) is 15.4 Å². The molecule has 0 aliphatic carbocycles. The first-order valence-corrected chi connectivity index (χ1v) is 2.26. The third kappa shape index (κ3) is 2.72. The van der Waals surface area contributed by atoms with Crippen molar-refractivity contribution in [2.24, 2.45) is 0 Å². The van der Waals surface area contributed by atoms with Crippen LogP contribution in [0.4, 0.5) is 13.2 Å². The van der Waals surface area contributed by atoms with Gasteiger partial charge in [0, 0.05) is 0 Å². The summed E-state index contributed by atoms with van der Waals surface area (Å²) in [7, 11) is 0. The molecule has 0 radical (unpaired) electrons. The van der Waals surface area contributed by atoms with E-state index in [-0.39, 0.29) is 29.6 Å². The fourth-order valence-electron chi connectivity index (χ4n) is 0.422. The summed E-state index contributed by atoms with van der Waals surface area (Å²) in [5, 5.41) is 1.43. The molecule has 0 fully saturated rings. The summed E-state index contributed by atoms with van der Waals surface area (Å²) in [5.74, 6) is 0. The van der Waals surface area contributed by atoms with Crippen LogP contribution in [0.2, 0.25) is 0 Å². The van der Waals surface area contributed by atoms with Crippen molar-refractivity contribution in [3.8, 4) is 0 Å². The van der Waals surface area contributed by atoms with Gasteiger partial charge in [0.1, 0.15) is 0 Å². The average Bonchev–Trinajstić information content (AvgIpc) is 2.11. The Morgan fingerprint density at radius 3 is 2.18 bits per heavy atom. The maximum absolute atomic E-state index is 11.6. The van der Waals surface area contributed by atoms with Crippen LogP contribution in [0.1, 0.15) is 5.69 Å². The number of nitrogens with one attached hydrogen (secondary N) is 1. The van der Waals surface area contributed by atoms with Gasteiger partial charge in [-0.1, -0.05) is 0 Å². The zero-order valence-corrected chi connectivity index (χ0v) is 7.53. The summed E-state index contributed by atoms with van der Waals surface area (Å²) in [6.07, 6.45) is -4.54. The Bertz CT molecular complexity index is 275. The van der Waals surface area contributed by atoms with Crippen molar-refractivity contribution < 1.29 is 47.3 Å². The molecule has 56 valence electrons.